The van der Waals surface area contributed by atoms with Gasteiger partial charge in [-0.2, -0.15) is 0 Å². The van der Waals surface area contributed by atoms with Gasteiger partial charge < -0.3 is 4.90 Å². The van der Waals surface area contributed by atoms with Crippen molar-refractivity contribution in [2.75, 3.05) is 18.0 Å². The molecule has 96 valence electrons. The Morgan fingerprint density at radius 2 is 1.42 bits per heavy atom. The Morgan fingerprint density at radius 1 is 0.684 bits per heavy atom. The summed E-state index contributed by atoms with van der Waals surface area (Å²) in [4.78, 5) is 2.41. The third-order valence-corrected chi connectivity index (χ3v) is 3.87. The molecule has 0 saturated heterocycles. The Bertz CT molecular complexity index is 711. The summed E-state index contributed by atoms with van der Waals surface area (Å²) in [7, 11) is 0. The van der Waals surface area contributed by atoms with Gasteiger partial charge in [-0.05, 0) is 36.1 Å². The van der Waals surface area contributed by atoms with Gasteiger partial charge in [0.15, 0.2) is 0 Å². The average molecular weight is 249 g/mol. The van der Waals surface area contributed by atoms with Gasteiger partial charge >= 0.3 is 0 Å². The maximum absolute atomic E-state index is 2.41. The summed E-state index contributed by atoms with van der Waals surface area (Å²) in [6.07, 6.45) is 0. The van der Waals surface area contributed by atoms with Crippen LogP contribution in [0.2, 0.25) is 0 Å². The van der Waals surface area contributed by atoms with Crippen molar-refractivity contribution in [1.29, 1.82) is 0 Å². The molecule has 3 aromatic rings. The van der Waals surface area contributed by atoms with Gasteiger partial charge in [0, 0.05) is 24.2 Å². The number of hydrogen-bond acceptors (Lipinski definition) is 1. The van der Waals surface area contributed by atoms with Crippen LogP contribution in [0.4, 0.5) is 5.69 Å². The first kappa shape index (κ1) is 12.0. The summed E-state index contributed by atoms with van der Waals surface area (Å²) in [5.41, 5.74) is 1.34. The van der Waals surface area contributed by atoms with Crippen LogP contribution in [-0.4, -0.2) is 13.1 Å². The molecule has 0 aliphatic rings. The molecule has 0 saturated carbocycles. The second kappa shape index (κ2) is 4.93. The van der Waals surface area contributed by atoms with Crippen molar-refractivity contribution >= 4 is 27.2 Å². The van der Waals surface area contributed by atoms with Crippen LogP contribution in [0.3, 0.4) is 0 Å². The zero-order valence-electron chi connectivity index (χ0n) is 11.6. The molecular weight excluding hydrogens is 230 g/mol. The van der Waals surface area contributed by atoms with Crippen LogP contribution < -0.4 is 4.90 Å². The average Bonchev–Trinajstić information content (AvgIpc) is 2.48. The van der Waals surface area contributed by atoms with Crippen LogP contribution in [0.1, 0.15) is 13.8 Å². The molecule has 0 radical (unpaired) electrons. The summed E-state index contributed by atoms with van der Waals surface area (Å²) in [6.45, 7) is 6.51. The molecule has 0 aliphatic heterocycles. The molecule has 0 aromatic heterocycles. The molecule has 0 heterocycles. The standard InChI is InChI=1S/C18H19N/c1-3-19(4-2)18-11-7-10-16-15-9-6-5-8-14(15)12-13-17(16)18/h5-13H,3-4H2,1-2H3. The first-order chi connectivity index (χ1) is 9.35. The molecule has 1 heteroatoms. The van der Waals surface area contributed by atoms with E-state index in [0.717, 1.165) is 13.1 Å². The van der Waals surface area contributed by atoms with Gasteiger partial charge in [-0.3, -0.25) is 0 Å². The first-order valence-corrected chi connectivity index (χ1v) is 7.00. The Kier molecular flexibility index (Phi) is 3.12. The minimum atomic E-state index is 1.04. The van der Waals surface area contributed by atoms with Crippen molar-refractivity contribution in [3.05, 3.63) is 54.6 Å². The zero-order valence-corrected chi connectivity index (χ0v) is 11.6. The minimum absolute atomic E-state index is 1.04. The van der Waals surface area contributed by atoms with Crippen LogP contribution in [0, 0.1) is 0 Å². The van der Waals surface area contributed by atoms with E-state index in [0.29, 0.717) is 0 Å². The molecule has 1 nitrogen and oxygen atoms in total. The molecule has 19 heavy (non-hydrogen) atoms. The van der Waals surface area contributed by atoms with Gasteiger partial charge in [0.25, 0.3) is 0 Å². The number of fused-ring (bicyclic) bond motifs is 3. The van der Waals surface area contributed by atoms with Gasteiger partial charge in [0.05, 0.1) is 0 Å². The predicted octanol–water partition coefficient (Wildman–Crippen LogP) is 4.84. The molecule has 3 rings (SSSR count). The van der Waals surface area contributed by atoms with Crippen molar-refractivity contribution in [3.63, 3.8) is 0 Å². The zero-order chi connectivity index (χ0) is 13.2. The van der Waals surface area contributed by atoms with E-state index in [1.54, 1.807) is 0 Å². The highest BCUT2D eigenvalue weighted by atomic mass is 15.1. The van der Waals surface area contributed by atoms with Crippen LogP contribution >= 0.6 is 0 Å². The van der Waals surface area contributed by atoms with Gasteiger partial charge in [0.1, 0.15) is 0 Å². The highest BCUT2D eigenvalue weighted by molar-refractivity contribution is 6.11. The van der Waals surface area contributed by atoms with E-state index in [9.17, 15) is 0 Å². The molecule has 0 spiro atoms. The second-order valence-electron chi connectivity index (χ2n) is 4.83. The second-order valence-corrected chi connectivity index (χ2v) is 4.83. The maximum atomic E-state index is 2.41. The number of benzene rings is 3. The van der Waals surface area contributed by atoms with E-state index in [4.69, 9.17) is 0 Å². The first-order valence-electron chi connectivity index (χ1n) is 7.00. The van der Waals surface area contributed by atoms with E-state index >= 15 is 0 Å². The highest BCUT2D eigenvalue weighted by Crippen LogP contribution is 2.32. The van der Waals surface area contributed by atoms with Crippen molar-refractivity contribution < 1.29 is 0 Å². The summed E-state index contributed by atoms with van der Waals surface area (Å²) < 4.78 is 0. The SMILES string of the molecule is CCN(CC)c1cccc2c1ccc1ccccc12. The van der Waals surface area contributed by atoms with E-state index in [1.807, 2.05) is 0 Å². The Labute approximate surface area is 114 Å². The quantitative estimate of drug-likeness (QED) is 0.600. The fourth-order valence-electron chi connectivity index (χ4n) is 2.86. The lowest BCUT2D eigenvalue weighted by molar-refractivity contribution is 0.871. The lowest BCUT2D eigenvalue weighted by Gasteiger charge is -2.23. The van der Waals surface area contributed by atoms with E-state index < -0.39 is 0 Å². The summed E-state index contributed by atoms with van der Waals surface area (Å²) >= 11 is 0. The monoisotopic (exact) mass is 249 g/mol. The fourth-order valence-corrected chi connectivity index (χ4v) is 2.86. The van der Waals surface area contributed by atoms with Crippen molar-refractivity contribution in [3.8, 4) is 0 Å². The smallest absolute Gasteiger partial charge is 0.0445 e. The van der Waals surface area contributed by atoms with Crippen LogP contribution in [0.5, 0.6) is 0 Å². The lowest BCUT2D eigenvalue weighted by atomic mass is 10.0. The number of anilines is 1. The summed E-state index contributed by atoms with van der Waals surface area (Å²) in [5, 5.41) is 5.35. The number of rotatable bonds is 3. The fraction of sp³-hybridized carbons (Fsp3) is 0.222. The summed E-state index contributed by atoms with van der Waals surface area (Å²) in [5.74, 6) is 0. The van der Waals surface area contributed by atoms with Crippen LogP contribution in [0.15, 0.2) is 54.6 Å². The van der Waals surface area contributed by atoms with Crippen LogP contribution in [-0.2, 0) is 0 Å². The van der Waals surface area contributed by atoms with Gasteiger partial charge in [-0.15, -0.1) is 0 Å². The Morgan fingerprint density at radius 3 is 2.21 bits per heavy atom. The molecule has 0 bridgehead atoms. The molecule has 0 amide bonds. The van der Waals surface area contributed by atoms with Crippen LogP contribution in [0.25, 0.3) is 21.5 Å². The highest BCUT2D eigenvalue weighted by Gasteiger charge is 2.08. The number of hydrogen-bond donors (Lipinski definition) is 0. The van der Waals surface area contributed by atoms with Crippen molar-refractivity contribution in [2.24, 2.45) is 0 Å². The van der Waals surface area contributed by atoms with Gasteiger partial charge in [-0.1, -0.05) is 48.5 Å². The van der Waals surface area contributed by atoms with Gasteiger partial charge in [0.2, 0.25) is 0 Å². The van der Waals surface area contributed by atoms with Gasteiger partial charge in [-0.25, -0.2) is 0 Å². The molecule has 0 aliphatic carbocycles. The third kappa shape index (κ3) is 1.95. The third-order valence-electron chi connectivity index (χ3n) is 3.87. The Balaban J connectivity index is 2.35. The molecule has 0 N–H and O–H groups in total. The van der Waals surface area contributed by atoms with Crippen molar-refractivity contribution in [1.82, 2.24) is 0 Å². The topological polar surface area (TPSA) is 3.24 Å². The normalized spacial score (nSPS) is 11.1. The maximum Gasteiger partial charge on any atom is 0.0445 e. The largest absolute Gasteiger partial charge is 0.372 e. The lowest BCUT2D eigenvalue weighted by Crippen LogP contribution is -2.21. The van der Waals surface area contributed by atoms with E-state index in [2.05, 4.69) is 73.3 Å². The number of nitrogens with zero attached hydrogens (tertiary/aromatic N) is 1. The van der Waals surface area contributed by atoms with Crippen molar-refractivity contribution in [2.45, 2.75) is 13.8 Å². The predicted molar refractivity (Wildman–Crippen MR) is 85.0 cm³/mol. The Hall–Kier alpha value is -2.02. The molecular formula is C18H19N. The molecule has 0 atom stereocenters. The molecule has 3 aromatic carbocycles. The van der Waals surface area contributed by atoms with E-state index in [-0.39, 0.29) is 0 Å². The minimum Gasteiger partial charge on any atom is -0.372 e. The summed E-state index contributed by atoms with van der Waals surface area (Å²) in [6, 6.07) is 19.7. The molecule has 0 unspecified atom stereocenters. The molecule has 0 fully saturated rings. The van der Waals surface area contributed by atoms with E-state index in [1.165, 1.54) is 27.2 Å².